The van der Waals surface area contributed by atoms with Gasteiger partial charge in [-0.25, -0.2) is 0 Å². The van der Waals surface area contributed by atoms with Crippen molar-refractivity contribution in [3.63, 3.8) is 0 Å². The van der Waals surface area contributed by atoms with E-state index in [2.05, 4.69) is 27.7 Å². The van der Waals surface area contributed by atoms with E-state index in [9.17, 15) is 5.11 Å². The van der Waals surface area contributed by atoms with E-state index in [1.165, 1.54) is 64.2 Å². The Kier molecular flexibility index (Phi) is 4.76. The second-order valence-electron chi connectivity index (χ2n) is 12.5. The average molecular weight is 389 g/mol. The molecule has 9 atom stereocenters. The summed E-state index contributed by atoms with van der Waals surface area (Å²) in [7, 11) is 0. The Morgan fingerprint density at radius 2 is 1.54 bits per heavy atom. The van der Waals surface area contributed by atoms with Crippen molar-refractivity contribution < 1.29 is 9.84 Å². The van der Waals surface area contributed by atoms with Gasteiger partial charge in [0.25, 0.3) is 0 Å². The Balaban J connectivity index is 1.25. The van der Waals surface area contributed by atoms with Crippen LogP contribution in [-0.2, 0) is 4.74 Å². The Morgan fingerprint density at radius 3 is 2.29 bits per heavy atom. The van der Waals surface area contributed by atoms with Crippen LogP contribution in [0.5, 0.6) is 0 Å². The van der Waals surface area contributed by atoms with Gasteiger partial charge in [0, 0.05) is 0 Å². The molecule has 4 saturated carbocycles. The molecule has 0 bridgehead atoms. The molecule has 5 rings (SSSR count). The molecular weight excluding hydrogens is 344 g/mol. The summed E-state index contributed by atoms with van der Waals surface area (Å²) in [6.45, 7) is 9.79. The van der Waals surface area contributed by atoms with Crippen LogP contribution in [0.25, 0.3) is 0 Å². The first-order valence-electron chi connectivity index (χ1n) is 12.6. The van der Waals surface area contributed by atoms with Crippen molar-refractivity contribution in [2.75, 3.05) is 0 Å². The van der Waals surface area contributed by atoms with Gasteiger partial charge in [0.2, 0.25) is 0 Å². The number of ether oxygens (including phenoxy) is 1. The fourth-order valence-corrected chi connectivity index (χ4v) is 9.11. The summed E-state index contributed by atoms with van der Waals surface area (Å²) in [5.74, 6) is 4.65. The summed E-state index contributed by atoms with van der Waals surface area (Å²) < 4.78 is 5.82. The van der Waals surface area contributed by atoms with Crippen molar-refractivity contribution in [2.24, 2.45) is 40.4 Å². The molecule has 160 valence electrons. The SMILES string of the molecule is CC12CCC3C(CCC4C[C@H](O)CCC43C)C1CCC2CCC[C@@H]1OC1(C)C. The zero-order valence-electron chi connectivity index (χ0n) is 18.9. The van der Waals surface area contributed by atoms with Crippen molar-refractivity contribution >= 4 is 0 Å². The predicted octanol–water partition coefficient (Wildman–Crippen LogP) is 6.35. The minimum absolute atomic E-state index is 0.0141. The predicted molar refractivity (Wildman–Crippen MR) is 114 cm³/mol. The molecule has 5 fully saturated rings. The average Bonchev–Trinajstić information content (AvgIpc) is 3.10. The van der Waals surface area contributed by atoms with E-state index in [4.69, 9.17) is 4.74 Å². The molecule has 4 aliphatic carbocycles. The Labute approximate surface area is 173 Å². The molecule has 1 N–H and O–H groups in total. The van der Waals surface area contributed by atoms with Crippen molar-refractivity contribution in [1.82, 2.24) is 0 Å². The van der Waals surface area contributed by atoms with Crippen LogP contribution < -0.4 is 0 Å². The second-order valence-corrected chi connectivity index (χ2v) is 12.5. The number of epoxide rings is 1. The van der Waals surface area contributed by atoms with Crippen molar-refractivity contribution in [3.05, 3.63) is 0 Å². The second kappa shape index (κ2) is 6.71. The van der Waals surface area contributed by atoms with Crippen LogP contribution in [0.3, 0.4) is 0 Å². The molecular formula is C26H44O2. The summed E-state index contributed by atoms with van der Waals surface area (Å²) in [5.41, 5.74) is 1.30. The van der Waals surface area contributed by atoms with E-state index < -0.39 is 0 Å². The molecule has 5 aliphatic rings. The first kappa shape index (κ1) is 19.9. The molecule has 0 radical (unpaired) electrons. The van der Waals surface area contributed by atoms with E-state index in [1.807, 2.05) is 0 Å². The van der Waals surface area contributed by atoms with Gasteiger partial charge in [-0.3, -0.25) is 0 Å². The molecule has 1 heterocycles. The minimum atomic E-state index is -0.0141. The molecule has 2 nitrogen and oxygen atoms in total. The van der Waals surface area contributed by atoms with Gasteiger partial charge in [0.15, 0.2) is 0 Å². The monoisotopic (exact) mass is 388 g/mol. The fourth-order valence-electron chi connectivity index (χ4n) is 9.11. The summed E-state index contributed by atoms with van der Waals surface area (Å²) in [6, 6.07) is 0. The van der Waals surface area contributed by atoms with Crippen molar-refractivity contribution in [1.29, 1.82) is 0 Å². The third-order valence-corrected chi connectivity index (χ3v) is 11.0. The molecule has 28 heavy (non-hydrogen) atoms. The van der Waals surface area contributed by atoms with Crippen LogP contribution in [0.4, 0.5) is 0 Å². The minimum Gasteiger partial charge on any atom is -0.393 e. The van der Waals surface area contributed by atoms with E-state index in [1.54, 1.807) is 0 Å². The molecule has 0 amide bonds. The van der Waals surface area contributed by atoms with Crippen LogP contribution >= 0.6 is 0 Å². The summed E-state index contributed by atoms with van der Waals surface area (Å²) in [4.78, 5) is 0. The lowest BCUT2D eigenvalue weighted by molar-refractivity contribution is -0.127. The maximum absolute atomic E-state index is 10.2. The van der Waals surface area contributed by atoms with Gasteiger partial charge in [0.05, 0.1) is 17.8 Å². The first-order chi connectivity index (χ1) is 13.2. The van der Waals surface area contributed by atoms with Crippen LogP contribution in [0.2, 0.25) is 0 Å². The lowest BCUT2D eigenvalue weighted by Gasteiger charge is -2.61. The van der Waals surface area contributed by atoms with Gasteiger partial charge in [0.1, 0.15) is 0 Å². The number of rotatable bonds is 4. The molecule has 1 aliphatic heterocycles. The van der Waals surface area contributed by atoms with E-state index in [0.717, 1.165) is 42.4 Å². The van der Waals surface area contributed by atoms with Crippen LogP contribution in [-0.4, -0.2) is 22.9 Å². The Bertz CT molecular complexity index is 599. The highest BCUT2D eigenvalue weighted by molar-refractivity contribution is 5.09. The highest BCUT2D eigenvalue weighted by atomic mass is 16.6. The van der Waals surface area contributed by atoms with Gasteiger partial charge in [-0.05, 0) is 125 Å². The lowest BCUT2D eigenvalue weighted by atomic mass is 9.44. The molecule has 0 aromatic rings. The number of aliphatic hydroxyl groups is 1. The Morgan fingerprint density at radius 1 is 0.821 bits per heavy atom. The van der Waals surface area contributed by atoms with Gasteiger partial charge < -0.3 is 9.84 Å². The largest absolute Gasteiger partial charge is 0.393 e. The number of aliphatic hydroxyl groups excluding tert-OH is 1. The third kappa shape index (κ3) is 3.03. The fraction of sp³-hybridized carbons (Fsp3) is 1.00. The number of fused-ring (bicyclic) bond motifs is 5. The van der Waals surface area contributed by atoms with Crippen LogP contribution in [0.1, 0.15) is 105 Å². The van der Waals surface area contributed by atoms with Gasteiger partial charge in [-0.2, -0.15) is 0 Å². The topological polar surface area (TPSA) is 32.8 Å². The van der Waals surface area contributed by atoms with Crippen molar-refractivity contribution in [2.45, 2.75) is 123 Å². The van der Waals surface area contributed by atoms with Gasteiger partial charge in [-0.15, -0.1) is 0 Å². The number of hydrogen-bond donors (Lipinski definition) is 1. The quantitative estimate of drug-likeness (QED) is 0.569. The van der Waals surface area contributed by atoms with Crippen LogP contribution in [0, 0.1) is 40.4 Å². The maximum atomic E-state index is 10.2. The standard InChI is InChI=1S/C26H44O2/c1-24(2)23(28-24)7-5-6-17-9-11-21-20-10-8-18-16-19(27)12-14-26(18,4)22(20)13-15-25(17,21)3/h17-23,27H,5-16H2,1-4H3/t17?,18?,19-,20?,21?,22?,23+,25?,26?/m1/s1. The van der Waals surface area contributed by atoms with E-state index >= 15 is 0 Å². The molecule has 0 spiro atoms. The summed E-state index contributed by atoms with van der Waals surface area (Å²) in [6.07, 6.45) is 16.8. The third-order valence-electron chi connectivity index (χ3n) is 11.0. The normalized spacial score (nSPS) is 54.5. The lowest BCUT2D eigenvalue weighted by Crippen LogP contribution is -2.53. The summed E-state index contributed by atoms with van der Waals surface area (Å²) in [5, 5.41) is 10.2. The zero-order chi connectivity index (χ0) is 19.7. The molecule has 7 unspecified atom stereocenters. The van der Waals surface area contributed by atoms with Gasteiger partial charge >= 0.3 is 0 Å². The summed E-state index contributed by atoms with van der Waals surface area (Å²) >= 11 is 0. The highest BCUT2D eigenvalue weighted by Gasteiger charge is 2.60. The van der Waals surface area contributed by atoms with Crippen molar-refractivity contribution in [3.8, 4) is 0 Å². The van der Waals surface area contributed by atoms with E-state index in [-0.39, 0.29) is 11.7 Å². The molecule has 2 heteroatoms. The molecule has 0 aromatic carbocycles. The Hall–Kier alpha value is -0.0800. The zero-order valence-corrected chi connectivity index (χ0v) is 18.9. The molecule has 0 aromatic heterocycles. The highest BCUT2D eigenvalue weighted by Crippen LogP contribution is 2.68. The maximum Gasteiger partial charge on any atom is 0.0892 e. The van der Waals surface area contributed by atoms with E-state index in [0.29, 0.717) is 16.9 Å². The number of hydrogen-bond acceptors (Lipinski definition) is 2. The van der Waals surface area contributed by atoms with Gasteiger partial charge in [-0.1, -0.05) is 20.3 Å². The molecule has 1 saturated heterocycles. The smallest absolute Gasteiger partial charge is 0.0892 e. The first-order valence-corrected chi connectivity index (χ1v) is 12.6. The van der Waals surface area contributed by atoms with Crippen LogP contribution in [0.15, 0.2) is 0 Å².